The molecule has 2 saturated carbocycles. The number of aliphatic hydroxyl groups excluding tert-OH is 1. The molecule has 0 aliphatic heterocycles. The molecule has 9 unspecified atom stereocenters. The highest BCUT2D eigenvalue weighted by atomic mass is 16.6. The highest BCUT2D eigenvalue weighted by Crippen LogP contribution is 2.75. The maximum absolute atomic E-state index is 15.2. The molecule has 2 N–H and O–H groups in total. The highest BCUT2D eigenvalue weighted by Gasteiger charge is 2.85. The van der Waals surface area contributed by atoms with Crippen LogP contribution in [-0.2, 0) is 23.8 Å². The number of hydrogen-bond acceptors (Lipinski definition) is 9. The third-order valence-corrected chi connectivity index (χ3v) is 12.3. The molecule has 9 atom stereocenters. The number of allylic oxidation sites excluding steroid dienone is 1. The zero-order valence-electron chi connectivity index (χ0n) is 30.2. The highest BCUT2D eigenvalue weighted by molar-refractivity contribution is 5.96. The Kier molecular flexibility index (Phi) is 9.94. The Bertz CT molecular complexity index is 1730. The molecule has 9 nitrogen and oxygen atoms in total. The molecular formula is C42H50O9. The van der Waals surface area contributed by atoms with E-state index >= 15 is 4.79 Å². The molecular weight excluding hydrogens is 648 g/mol. The van der Waals surface area contributed by atoms with Crippen molar-refractivity contribution < 1.29 is 43.6 Å². The lowest BCUT2D eigenvalue weighted by molar-refractivity contribution is -0.192. The van der Waals surface area contributed by atoms with Gasteiger partial charge in [0.15, 0.2) is 17.5 Å². The van der Waals surface area contributed by atoms with E-state index in [-0.39, 0.29) is 36.8 Å². The molecule has 272 valence electrons. The van der Waals surface area contributed by atoms with Gasteiger partial charge >= 0.3 is 17.9 Å². The number of unbranched alkanes of at least 4 members (excludes halogenated alkanes) is 4. The largest absolute Gasteiger partial charge is 0.461 e. The normalized spacial score (nSPS) is 34.9. The number of hydrogen-bond donors (Lipinski definition) is 2. The standard InChI is InChI=1S/C42H50O9/c1-6-7-8-9-16-21-32(43)51-41-24-28(4)40-23-27(3)36(50-38(47)30-19-14-11-15-20-30)42(40,48)34(44)26(2)22-31(35(40)45)33(41)39(41,5)25-49-37(46)29-17-12-10-13-18-29/h10-15,17-20,22-23,28,31,33-34,36,44,48H,6-9,16,21,24-25H2,1-5H3. The summed E-state index contributed by atoms with van der Waals surface area (Å²) >= 11 is 0. The number of ether oxygens (including phenoxy) is 3. The van der Waals surface area contributed by atoms with E-state index in [2.05, 4.69) is 6.92 Å². The van der Waals surface area contributed by atoms with E-state index in [1.165, 1.54) is 0 Å². The summed E-state index contributed by atoms with van der Waals surface area (Å²) in [5, 5.41) is 24.9. The van der Waals surface area contributed by atoms with Crippen LogP contribution in [0.2, 0.25) is 0 Å². The van der Waals surface area contributed by atoms with Gasteiger partial charge in [-0.05, 0) is 68.0 Å². The average Bonchev–Trinajstić information content (AvgIpc) is 3.56. The van der Waals surface area contributed by atoms with Crippen molar-refractivity contribution in [2.75, 3.05) is 6.61 Å². The first kappa shape index (κ1) is 36.7. The summed E-state index contributed by atoms with van der Waals surface area (Å²) in [6.45, 7) is 9.07. The molecule has 1 spiro atoms. The van der Waals surface area contributed by atoms with Crippen molar-refractivity contribution in [1.82, 2.24) is 0 Å². The maximum atomic E-state index is 15.2. The summed E-state index contributed by atoms with van der Waals surface area (Å²) in [7, 11) is 0. The monoisotopic (exact) mass is 698 g/mol. The van der Waals surface area contributed by atoms with Gasteiger partial charge in [-0.1, -0.05) is 95.0 Å². The molecule has 0 radical (unpaired) electrons. The van der Waals surface area contributed by atoms with Gasteiger partial charge in [0.2, 0.25) is 0 Å². The van der Waals surface area contributed by atoms with Crippen molar-refractivity contribution in [2.24, 2.45) is 28.6 Å². The second-order valence-corrected chi connectivity index (χ2v) is 15.4. The van der Waals surface area contributed by atoms with E-state index in [4.69, 9.17) is 14.2 Å². The van der Waals surface area contributed by atoms with E-state index < -0.39 is 63.9 Å². The summed E-state index contributed by atoms with van der Waals surface area (Å²) in [6, 6.07) is 17.0. The van der Waals surface area contributed by atoms with E-state index in [9.17, 15) is 24.6 Å². The Labute approximate surface area is 300 Å². The van der Waals surface area contributed by atoms with Gasteiger partial charge in [-0.15, -0.1) is 0 Å². The molecule has 4 aliphatic rings. The Morgan fingerprint density at radius 3 is 2.12 bits per heavy atom. The number of esters is 3. The van der Waals surface area contributed by atoms with Crippen molar-refractivity contribution in [3.8, 4) is 0 Å². The van der Waals surface area contributed by atoms with Gasteiger partial charge in [0.1, 0.15) is 18.3 Å². The van der Waals surface area contributed by atoms with Crippen molar-refractivity contribution in [3.63, 3.8) is 0 Å². The fourth-order valence-electron chi connectivity index (χ4n) is 9.64. The number of carbonyl (C=O) groups excluding carboxylic acids is 4. The Hall–Kier alpha value is -4.08. The van der Waals surface area contributed by atoms with Crippen LogP contribution in [0, 0.1) is 28.6 Å². The quantitative estimate of drug-likeness (QED) is 0.109. The van der Waals surface area contributed by atoms with Crippen LogP contribution >= 0.6 is 0 Å². The topological polar surface area (TPSA) is 136 Å². The van der Waals surface area contributed by atoms with Gasteiger partial charge in [-0.25, -0.2) is 9.59 Å². The molecule has 0 heterocycles. The minimum Gasteiger partial charge on any atom is -0.461 e. The molecule has 6 rings (SSSR count). The van der Waals surface area contributed by atoms with Gasteiger partial charge in [-0.2, -0.15) is 0 Å². The molecule has 2 aromatic carbocycles. The smallest absolute Gasteiger partial charge is 0.338 e. The van der Waals surface area contributed by atoms with Crippen LogP contribution in [0.4, 0.5) is 0 Å². The van der Waals surface area contributed by atoms with Crippen LogP contribution in [0.15, 0.2) is 84.0 Å². The molecule has 0 amide bonds. The summed E-state index contributed by atoms with van der Waals surface area (Å²) in [4.78, 5) is 55.5. The maximum Gasteiger partial charge on any atom is 0.338 e. The van der Waals surface area contributed by atoms with E-state index in [1.54, 1.807) is 86.7 Å². The van der Waals surface area contributed by atoms with Crippen molar-refractivity contribution in [2.45, 2.75) is 103 Å². The molecule has 51 heavy (non-hydrogen) atoms. The van der Waals surface area contributed by atoms with Gasteiger partial charge in [0.25, 0.3) is 0 Å². The first-order valence-corrected chi connectivity index (χ1v) is 18.3. The lowest BCUT2D eigenvalue weighted by Crippen LogP contribution is -2.65. The number of carbonyl (C=O) groups is 4. The second kappa shape index (κ2) is 13.8. The Morgan fingerprint density at radius 2 is 1.49 bits per heavy atom. The van der Waals surface area contributed by atoms with Crippen LogP contribution in [0.1, 0.15) is 100 Å². The van der Waals surface area contributed by atoms with Crippen molar-refractivity contribution in [1.29, 1.82) is 0 Å². The molecule has 9 heteroatoms. The summed E-state index contributed by atoms with van der Waals surface area (Å²) in [5.74, 6) is -4.18. The van der Waals surface area contributed by atoms with E-state index in [0.29, 0.717) is 23.1 Å². The fourth-order valence-corrected chi connectivity index (χ4v) is 9.64. The Morgan fingerprint density at radius 1 is 0.882 bits per heavy atom. The predicted octanol–water partition coefficient (Wildman–Crippen LogP) is 6.57. The van der Waals surface area contributed by atoms with E-state index in [0.717, 1.165) is 25.7 Å². The molecule has 0 saturated heterocycles. The summed E-state index contributed by atoms with van der Waals surface area (Å²) in [6.07, 6.45) is 5.57. The second-order valence-electron chi connectivity index (χ2n) is 15.4. The lowest BCUT2D eigenvalue weighted by Gasteiger charge is -2.49. The minimum atomic E-state index is -2.25. The number of rotatable bonds is 12. The van der Waals surface area contributed by atoms with Gasteiger partial charge in [0.05, 0.1) is 16.5 Å². The van der Waals surface area contributed by atoms with Crippen molar-refractivity contribution >= 4 is 23.7 Å². The van der Waals surface area contributed by atoms with Crippen LogP contribution < -0.4 is 0 Å². The van der Waals surface area contributed by atoms with Crippen LogP contribution in [0.3, 0.4) is 0 Å². The molecule has 0 aromatic heterocycles. The zero-order chi connectivity index (χ0) is 36.8. The molecule has 2 bridgehead atoms. The zero-order valence-corrected chi connectivity index (χ0v) is 30.2. The summed E-state index contributed by atoms with van der Waals surface area (Å²) < 4.78 is 18.4. The number of aliphatic hydroxyl groups is 2. The van der Waals surface area contributed by atoms with Crippen molar-refractivity contribution in [3.05, 3.63) is 95.1 Å². The third kappa shape index (κ3) is 5.77. The number of Topliss-reactive ketones (excluding diaryl/α,β-unsaturated/α-hetero) is 1. The van der Waals surface area contributed by atoms with Gasteiger partial charge < -0.3 is 24.4 Å². The Balaban J connectivity index is 1.38. The van der Waals surface area contributed by atoms with Crippen LogP contribution in [-0.4, -0.2) is 63.9 Å². The lowest BCUT2D eigenvalue weighted by atomic mass is 9.59. The summed E-state index contributed by atoms with van der Waals surface area (Å²) in [5.41, 5.74) is -4.67. The molecule has 2 fully saturated rings. The predicted molar refractivity (Wildman–Crippen MR) is 189 cm³/mol. The minimum absolute atomic E-state index is 0.107. The van der Waals surface area contributed by atoms with Gasteiger partial charge in [-0.3, -0.25) is 9.59 Å². The number of benzene rings is 2. The molecule has 2 aromatic rings. The first-order chi connectivity index (χ1) is 24.3. The number of fused-ring (bicyclic) bond motifs is 3. The van der Waals surface area contributed by atoms with Crippen LogP contribution in [0.25, 0.3) is 0 Å². The third-order valence-electron chi connectivity index (χ3n) is 12.3. The fraction of sp³-hybridized carbons (Fsp3) is 0.524. The molecule has 4 aliphatic carbocycles. The SMILES string of the molecule is CCCCCCCC(=O)OC12CC(C)C34C=C(C)C(OC(=O)c5ccccc5)C3(O)C(O)C(C)=CC(C4=O)C1C2(C)COC(=O)c1ccccc1. The van der Waals surface area contributed by atoms with E-state index in [1.807, 2.05) is 13.8 Å². The van der Waals surface area contributed by atoms with Gasteiger partial charge in [0, 0.05) is 23.7 Å². The average molecular weight is 699 g/mol. The first-order valence-electron chi connectivity index (χ1n) is 18.3. The number of ketones is 1. The van der Waals surface area contributed by atoms with Crippen LogP contribution in [0.5, 0.6) is 0 Å².